The van der Waals surface area contributed by atoms with Crippen LogP contribution in [0, 0.1) is 17.7 Å². The molecule has 7 heteroatoms. The summed E-state index contributed by atoms with van der Waals surface area (Å²) in [6, 6.07) is 12.2. The molecule has 190 valence electrons. The van der Waals surface area contributed by atoms with Crippen LogP contribution in [0.2, 0.25) is 5.02 Å². The number of amides is 1. The molecule has 5 nitrogen and oxygen atoms in total. The van der Waals surface area contributed by atoms with Crippen molar-refractivity contribution < 1.29 is 13.7 Å². The van der Waals surface area contributed by atoms with Gasteiger partial charge >= 0.3 is 0 Å². The van der Waals surface area contributed by atoms with Crippen LogP contribution in [0.15, 0.2) is 53.1 Å². The Bertz CT molecular complexity index is 1220. The van der Waals surface area contributed by atoms with Crippen LogP contribution >= 0.6 is 11.6 Å². The SMILES string of the molecule is O=C(/C=C/c1cccc(Cl)c1)NC[C@@H]1CCCC[C@H]1CN1CCC(c2noc3cc(F)ccc23)CC1. The number of benzene rings is 2. The number of hydrogen-bond acceptors (Lipinski definition) is 4. The molecule has 1 aliphatic carbocycles. The first-order valence-corrected chi connectivity index (χ1v) is 13.4. The van der Waals surface area contributed by atoms with Crippen molar-refractivity contribution in [3.63, 3.8) is 0 Å². The topological polar surface area (TPSA) is 58.4 Å². The molecule has 2 fully saturated rings. The largest absolute Gasteiger partial charge is 0.356 e. The van der Waals surface area contributed by atoms with Crippen molar-refractivity contribution in [2.24, 2.45) is 11.8 Å². The minimum absolute atomic E-state index is 0.0557. The number of aromatic nitrogens is 1. The fourth-order valence-electron chi connectivity index (χ4n) is 5.81. The molecule has 1 aliphatic heterocycles. The molecule has 3 aromatic rings. The van der Waals surface area contributed by atoms with E-state index in [2.05, 4.69) is 15.4 Å². The molecule has 1 N–H and O–H groups in total. The Labute approximate surface area is 216 Å². The predicted molar refractivity (Wildman–Crippen MR) is 141 cm³/mol. The fraction of sp³-hybridized carbons (Fsp3) is 0.448. The van der Waals surface area contributed by atoms with Crippen LogP contribution in [0.1, 0.15) is 55.7 Å². The second-order valence-electron chi connectivity index (χ2n) is 10.2. The second-order valence-corrected chi connectivity index (χ2v) is 10.7. The number of carbonyl (C=O) groups excluding carboxylic acids is 1. The highest BCUT2D eigenvalue weighted by molar-refractivity contribution is 6.30. The maximum Gasteiger partial charge on any atom is 0.244 e. The zero-order chi connectivity index (χ0) is 24.9. The first-order valence-electron chi connectivity index (χ1n) is 13.0. The van der Waals surface area contributed by atoms with E-state index in [1.165, 1.54) is 37.8 Å². The molecule has 2 heterocycles. The molecule has 0 bridgehead atoms. The third-order valence-corrected chi connectivity index (χ3v) is 8.04. The highest BCUT2D eigenvalue weighted by atomic mass is 35.5. The predicted octanol–water partition coefficient (Wildman–Crippen LogP) is 6.44. The number of hydrogen-bond donors (Lipinski definition) is 1. The molecular weight excluding hydrogens is 477 g/mol. The Kier molecular flexibility index (Phi) is 8.02. The molecule has 2 atom stereocenters. The van der Waals surface area contributed by atoms with Gasteiger partial charge in [0.1, 0.15) is 5.82 Å². The van der Waals surface area contributed by atoms with E-state index < -0.39 is 0 Å². The van der Waals surface area contributed by atoms with E-state index in [9.17, 15) is 9.18 Å². The van der Waals surface area contributed by atoms with Gasteiger partial charge in [-0.05, 0) is 86.5 Å². The third kappa shape index (κ3) is 6.16. The summed E-state index contributed by atoms with van der Waals surface area (Å²) in [7, 11) is 0. The third-order valence-electron chi connectivity index (χ3n) is 7.81. The number of carbonyl (C=O) groups is 1. The maximum atomic E-state index is 13.5. The summed E-state index contributed by atoms with van der Waals surface area (Å²) in [4.78, 5) is 15.0. The normalized spacial score (nSPS) is 21.8. The van der Waals surface area contributed by atoms with Gasteiger partial charge in [0.2, 0.25) is 5.91 Å². The Morgan fingerprint density at radius 2 is 1.92 bits per heavy atom. The van der Waals surface area contributed by atoms with Crippen LogP contribution < -0.4 is 5.32 Å². The van der Waals surface area contributed by atoms with Crippen LogP contribution in [0.3, 0.4) is 0 Å². The summed E-state index contributed by atoms with van der Waals surface area (Å²) in [6.07, 6.45) is 10.3. The van der Waals surface area contributed by atoms with E-state index >= 15 is 0 Å². The van der Waals surface area contributed by atoms with Gasteiger partial charge in [0, 0.05) is 41.6 Å². The smallest absolute Gasteiger partial charge is 0.244 e. The molecule has 1 amide bonds. The Morgan fingerprint density at radius 3 is 2.72 bits per heavy atom. The van der Waals surface area contributed by atoms with E-state index in [1.807, 2.05) is 24.3 Å². The Balaban J connectivity index is 1.11. The number of nitrogens with zero attached hydrogens (tertiary/aromatic N) is 2. The standard InChI is InChI=1S/C29H33ClFN3O2/c30-24-7-3-4-20(16-24)8-11-28(35)32-18-22-5-1-2-6-23(22)19-34-14-12-21(13-15-34)29-26-10-9-25(31)17-27(26)36-33-29/h3-4,7-11,16-17,21-23H,1-2,5-6,12-15,18-19H2,(H,32,35)/b11-8+/t22-,23-/m0/s1. The molecule has 5 rings (SSSR count). The molecule has 0 spiro atoms. The van der Waals surface area contributed by atoms with E-state index in [4.69, 9.17) is 16.1 Å². The van der Waals surface area contributed by atoms with Crippen molar-refractivity contribution in [3.8, 4) is 0 Å². The van der Waals surface area contributed by atoms with Crippen molar-refractivity contribution in [3.05, 3.63) is 70.6 Å². The number of nitrogens with one attached hydrogen (secondary N) is 1. The van der Waals surface area contributed by atoms with E-state index in [1.54, 1.807) is 18.2 Å². The lowest BCUT2D eigenvalue weighted by atomic mass is 9.78. The van der Waals surface area contributed by atoms with Crippen molar-refractivity contribution in [1.82, 2.24) is 15.4 Å². The molecule has 1 saturated carbocycles. The average molecular weight is 510 g/mol. The van der Waals surface area contributed by atoms with Crippen molar-refractivity contribution in [2.45, 2.75) is 44.4 Å². The number of piperidine rings is 1. The fourth-order valence-corrected chi connectivity index (χ4v) is 6.01. The zero-order valence-electron chi connectivity index (χ0n) is 20.5. The molecule has 1 aromatic heterocycles. The maximum absolute atomic E-state index is 13.5. The first-order chi connectivity index (χ1) is 17.5. The van der Waals surface area contributed by atoms with Crippen LogP contribution in [0.25, 0.3) is 17.0 Å². The zero-order valence-corrected chi connectivity index (χ0v) is 21.2. The lowest BCUT2D eigenvalue weighted by Crippen LogP contribution is -2.42. The van der Waals surface area contributed by atoms with Crippen LogP contribution in [0.4, 0.5) is 4.39 Å². The van der Waals surface area contributed by atoms with E-state index in [-0.39, 0.29) is 11.7 Å². The average Bonchev–Trinajstić information content (AvgIpc) is 3.30. The lowest BCUT2D eigenvalue weighted by molar-refractivity contribution is -0.116. The monoisotopic (exact) mass is 509 g/mol. The summed E-state index contributed by atoms with van der Waals surface area (Å²) in [5.74, 6) is 1.11. The summed E-state index contributed by atoms with van der Waals surface area (Å²) >= 11 is 6.02. The highest BCUT2D eigenvalue weighted by Gasteiger charge is 2.30. The summed E-state index contributed by atoms with van der Waals surface area (Å²) < 4.78 is 18.9. The Hall–Kier alpha value is -2.70. The van der Waals surface area contributed by atoms with Gasteiger partial charge in [0.05, 0.1) is 5.69 Å². The summed E-state index contributed by atoms with van der Waals surface area (Å²) in [6.45, 7) is 3.86. The first kappa shape index (κ1) is 25.0. The number of rotatable bonds is 7. The molecule has 2 aromatic carbocycles. The van der Waals surface area contributed by atoms with Gasteiger partial charge in [-0.1, -0.05) is 41.7 Å². The van der Waals surface area contributed by atoms with Crippen LogP contribution in [-0.2, 0) is 4.79 Å². The minimum Gasteiger partial charge on any atom is -0.356 e. The number of halogens is 2. The number of fused-ring (bicyclic) bond motifs is 1. The van der Waals surface area contributed by atoms with Gasteiger partial charge in [0.25, 0.3) is 0 Å². The molecular formula is C29H33ClFN3O2. The quantitative estimate of drug-likeness (QED) is 0.372. The van der Waals surface area contributed by atoms with Crippen molar-refractivity contribution in [2.75, 3.05) is 26.2 Å². The molecule has 0 radical (unpaired) electrons. The minimum atomic E-state index is -0.296. The Morgan fingerprint density at radius 1 is 1.11 bits per heavy atom. The lowest BCUT2D eigenvalue weighted by Gasteiger charge is -2.38. The summed E-state index contributed by atoms with van der Waals surface area (Å²) in [5, 5.41) is 9.00. The van der Waals surface area contributed by atoms with Gasteiger partial charge in [-0.2, -0.15) is 0 Å². The van der Waals surface area contributed by atoms with Gasteiger partial charge in [0.15, 0.2) is 5.58 Å². The highest BCUT2D eigenvalue weighted by Crippen LogP contribution is 2.35. The van der Waals surface area contributed by atoms with Gasteiger partial charge < -0.3 is 14.7 Å². The van der Waals surface area contributed by atoms with E-state index in [0.717, 1.165) is 55.7 Å². The van der Waals surface area contributed by atoms with Crippen molar-refractivity contribution >= 4 is 34.6 Å². The number of likely N-dealkylation sites (tertiary alicyclic amines) is 1. The van der Waals surface area contributed by atoms with Crippen molar-refractivity contribution in [1.29, 1.82) is 0 Å². The molecule has 0 unspecified atom stereocenters. The van der Waals surface area contributed by atoms with Crippen LogP contribution in [0.5, 0.6) is 0 Å². The van der Waals surface area contributed by atoms with Gasteiger partial charge in [-0.25, -0.2) is 4.39 Å². The van der Waals surface area contributed by atoms with Gasteiger partial charge in [-0.3, -0.25) is 4.79 Å². The molecule has 2 aliphatic rings. The van der Waals surface area contributed by atoms with E-state index in [0.29, 0.717) is 28.4 Å². The summed E-state index contributed by atoms with van der Waals surface area (Å²) in [5.41, 5.74) is 2.41. The van der Waals surface area contributed by atoms with Crippen LogP contribution in [-0.4, -0.2) is 42.1 Å². The second kappa shape index (κ2) is 11.6. The van der Waals surface area contributed by atoms with Gasteiger partial charge in [-0.15, -0.1) is 0 Å². The molecule has 1 saturated heterocycles. The molecule has 36 heavy (non-hydrogen) atoms.